The quantitative estimate of drug-likeness (QED) is 0.751. The van der Waals surface area contributed by atoms with Gasteiger partial charge in [0.2, 0.25) is 0 Å². The Morgan fingerprint density at radius 3 is 2.79 bits per heavy atom. The highest BCUT2D eigenvalue weighted by molar-refractivity contribution is 7.95. The van der Waals surface area contributed by atoms with Crippen LogP contribution in [0.15, 0.2) is 15.8 Å². The molecule has 0 aliphatic rings. The summed E-state index contributed by atoms with van der Waals surface area (Å²) in [7, 11) is 1.39. The van der Waals surface area contributed by atoms with E-state index < -0.39 is 22.6 Å². The van der Waals surface area contributed by atoms with E-state index in [0.717, 1.165) is 0 Å². The van der Waals surface area contributed by atoms with E-state index >= 15 is 0 Å². The van der Waals surface area contributed by atoms with E-state index in [-0.39, 0.29) is 25.3 Å². The van der Waals surface area contributed by atoms with Crippen molar-refractivity contribution in [1.29, 1.82) is 0 Å². The molecule has 6 nitrogen and oxygen atoms in total. The molecule has 0 aliphatic heterocycles. The van der Waals surface area contributed by atoms with Crippen LogP contribution in [0.1, 0.15) is 12.0 Å². The maximum atomic E-state index is 12.8. The summed E-state index contributed by atoms with van der Waals surface area (Å²) < 4.78 is 19.1. The average Bonchev–Trinajstić information content (AvgIpc) is 2.40. The lowest BCUT2D eigenvalue weighted by atomic mass is 10.2. The Bertz CT molecular complexity index is 512. The minimum atomic E-state index is -0.630. The molecular weight excluding hydrogens is 275 g/mol. The number of aliphatic hydroxyl groups excluding tert-OH is 1. The van der Waals surface area contributed by atoms with Gasteiger partial charge in [-0.2, -0.15) is 3.89 Å². The van der Waals surface area contributed by atoms with Crippen LogP contribution in [0.5, 0.6) is 0 Å². The number of aryl methyl sites for hydroxylation is 2. The minimum absolute atomic E-state index is 0.0873. The third-order valence-corrected chi connectivity index (χ3v) is 3.62. The minimum Gasteiger partial charge on any atom is -0.394 e. The molecule has 1 aromatic rings. The Kier molecular flexibility index (Phi) is 6.26. The van der Waals surface area contributed by atoms with Gasteiger partial charge in [-0.15, -0.1) is 0 Å². The molecule has 0 aromatic carbocycles. The molecule has 108 valence electrons. The lowest BCUT2D eigenvalue weighted by Gasteiger charge is -2.20. The number of hydrogen-bond donors (Lipinski definition) is 2. The summed E-state index contributed by atoms with van der Waals surface area (Å²) in [4.78, 5) is 24.9. The van der Waals surface area contributed by atoms with Crippen molar-refractivity contribution in [1.82, 2.24) is 9.55 Å². The van der Waals surface area contributed by atoms with Crippen molar-refractivity contribution in [3.8, 4) is 0 Å². The van der Waals surface area contributed by atoms with E-state index in [0.29, 0.717) is 12.0 Å². The van der Waals surface area contributed by atoms with Gasteiger partial charge in [0.25, 0.3) is 5.56 Å². The van der Waals surface area contributed by atoms with Crippen LogP contribution in [-0.2, 0) is 11.3 Å². The maximum Gasteiger partial charge on any atom is 0.328 e. The SMILES string of the molecule is COC(CO)[C@@H](CCn1cc(C)c(=O)[nH]c1=O)SF. The Morgan fingerprint density at radius 1 is 1.58 bits per heavy atom. The molecule has 0 amide bonds. The number of nitrogens with one attached hydrogen (secondary N) is 1. The van der Waals surface area contributed by atoms with Crippen molar-refractivity contribution in [2.45, 2.75) is 31.2 Å². The molecule has 19 heavy (non-hydrogen) atoms. The van der Waals surface area contributed by atoms with Crippen LogP contribution < -0.4 is 11.2 Å². The normalized spacial score (nSPS) is 14.3. The van der Waals surface area contributed by atoms with E-state index in [2.05, 4.69) is 4.98 Å². The summed E-state index contributed by atoms with van der Waals surface area (Å²) in [5, 5.41) is 8.46. The molecule has 0 radical (unpaired) electrons. The Hall–Kier alpha value is -1.12. The van der Waals surface area contributed by atoms with Gasteiger partial charge in [-0.1, -0.05) is 0 Å². The van der Waals surface area contributed by atoms with Crippen LogP contribution in [0, 0.1) is 6.92 Å². The number of halogens is 1. The predicted octanol–water partition coefficient (Wildman–Crippen LogP) is 0.229. The van der Waals surface area contributed by atoms with Crippen LogP contribution in [0.25, 0.3) is 0 Å². The highest BCUT2D eigenvalue weighted by atomic mass is 32.2. The average molecular weight is 292 g/mol. The number of aliphatic hydroxyl groups is 1. The number of H-pyrrole nitrogens is 1. The fraction of sp³-hybridized carbons (Fsp3) is 0.636. The van der Waals surface area contributed by atoms with Crippen LogP contribution in [0.2, 0.25) is 0 Å². The molecule has 1 heterocycles. The molecular formula is C11H17FN2O4S. The van der Waals surface area contributed by atoms with Crippen molar-refractivity contribution in [3.05, 3.63) is 32.6 Å². The van der Waals surface area contributed by atoms with Gasteiger partial charge in [-0.05, 0) is 13.3 Å². The molecule has 0 saturated heterocycles. The molecule has 0 spiro atoms. The smallest absolute Gasteiger partial charge is 0.328 e. The first-order chi connectivity index (χ1) is 9.03. The lowest BCUT2D eigenvalue weighted by molar-refractivity contribution is 0.0449. The van der Waals surface area contributed by atoms with E-state index in [1.165, 1.54) is 17.9 Å². The van der Waals surface area contributed by atoms with Crippen LogP contribution in [0.4, 0.5) is 3.89 Å². The van der Waals surface area contributed by atoms with Gasteiger partial charge in [0.15, 0.2) is 0 Å². The van der Waals surface area contributed by atoms with E-state index in [1.807, 2.05) is 0 Å². The molecule has 0 aliphatic carbocycles. The number of aromatic nitrogens is 2. The molecule has 2 atom stereocenters. The van der Waals surface area contributed by atoms with Gasteiger partial charge in [0.05, 0.1) is 30.1 Å². The molecule has 1 aromatic heterocycles. The number of ether oxygens (including phenoxy) is 1. The summed E-state index contributed by atoms with van der Waals surface area (Å²) in [6.07, 6.45) is 1.10. The molecule has 8 heteroatoms. The maximum absolute atomic E-state index is 12.8. The largest absolute Gasteiger partial charge is 0.394 e. The van der Waals surface area contributed by atoms with Crippen molar-refractivity contribution in [2.24, 2.45) is 0 Å². The Morgan fingerprint density at radius 2 is 2.26 bits per heavy atom. The topological polar surface area (TPSA) is 84.3 Å². The highest BCUT2D eigenvalue weighted by Gasteiger charge is 2.22. The molecule has 1 rings (SSSR count). The summed E-state index contributed by atoms with van der Waals surface area (Å²) in [6, 6.07) is 0. The predicted molar refractivity (Wildman–Crippen MR) is 71.0 cm³/mol. The number of aromatic amines is 1. The third kappa shape index (κ3) is 4.19. The zero-order valence-electron chi connectivity index (χ0n) is 10.8. The molecule has 0 fully saturated rings. The highest BCUT2D eigenvalue weighted by Crippen LogP contribution is 2.21. The van der Waals surface area contributed by atoms with Crippen molar-refractivity contribution in [2.75, 3.05) is 13.7 Å². The van der Waals surface area contributed by atoms with Gasteiger partial charge in [0, 0.05) is 25.4 Å². The van der Waals surface area contributed by atoms with Crippen molar-refractivity contribution in [3.63, 3.8) is 0 Å². The van der Waals surface area contributed by atoms with Crippen molar-refractivity contribution < 1.29 is 13.7 Å². The molecule has 2 N–H and O–H groups in total. The number of hydrogen-bond acceptors (Lipinski definition) is 5. The summed E-state index contributed by atoms with van der Waals surface area (Å²) in [5.74, 6) is 0. The molecule has 0 saturated carbocycles. The first-order valence-corrected chi connectivity index (χ1v) is 6.52. The van der Waals surface area contributed by atoms with Gasteiger partial charge < -0.3 is 14.4 Å². The van der Waals surface area contributed by atoms with E-state index in [9.17, 15) is 13.5 Å². The summed E-state index contributed by atoms with van der Waals surface area (Å²) >= 11 is 0.0873. The van der Waals surface area contributed by atoms with Crippen LogP contribution in [-0.4, -0.2) is 39.7 Å². The summed E-state index contributed by atoms with van der Waals surface area (Å²) in [5.41, 5.74) is -0.548. The van der Waals surface area contributed by atoms with Gasteiger partial charge in [-0.3, -0.25) is 9.78 Å². The fourth-order valence-electron chi connectivity index (χ4n) is 1.68. The number of rotatable bonds is 7. The number of nitrogens with zero attached hydrogens (tertiary/aromatic N) is 1. The Labute approximate surface area is 113 Å². The standard InChI is InChI=1S/C11H17FN2O4S/c1-7-5-14(11(17)13-10(7)16)4-3-9(19-12)8(6-15)18-2/h5,8-9,15H,3-4,6H2,1-2H3,(H,13,16,17)/t8?,9-/m1/s1. The van der Waals surface area contributed by atoms with Gasteiger partial charge >= 0.3 is 5.69 Å². The zero-order valence-corrected chi connectivity index (χ0v) is 11.6. The van der Waals surface area contributed by atoms with Crippen LogP contribution in [0.3, 0.4) is 0 Å². The lowest BCUT2D eigenvalue weighted by Crippen LogP contribution is -2.34. The molecule has 1 unspecified atom stereocenters. The molecule has 0 bridgehead atoms. The second-order valence-corrected chi connectivity index (χ2v) is 4.92. The fourth-order valence-corrected chi connectivity index (χ4v) is 2.19. The van der Waals surface area contributed by atoms with Gasteiger partial charge in [-0.25, -0.2) is 4.79 Å². The number of methoxy groups -OCH3 is 1. The Balaban J connectivity index is 2.78. The monoisotopic (exact) mass is 292 g/mol. The first-order valence-electron chi connectivity index (χ1n) is 5.74. The first kappa shape index (κ1) is 15.9. The van der Waals surface area contributed by atoms with E-state index in [1.54, 1.807) is 6.92 Å². The zero-order chi connectivity index (χ0) is 14.4. The van der Waals surface area contributed by atoms with Gasteiger partial charge in [0.1, 0.15) is 0 Å². The third-order valence-electron chi connectivity index (χ3n) is 2.86. The van der Waals surface area contributed by atoms with E-state index in [4.69, 9.17) is 9.84 Å². The summed E-state index contributed by atoms with van der Waals surface area (Å²) in [6.45, 7) is 1.53. The van der Waals surface area contributed by atoms with Crippen LogP contribution >= 0.6 is 12.1 Å². The van der Waals surface area contributed by atoms with Crippen molar-refractivity contribution >= 4 is 12.1 Å². The second kappa shape index (κ2) is 7.46. The second-order valence-electron chi connectivity index (χ2n) is 4.14.